The van der Waals surface area contributed by atoms with E-state index in [1.54, 1.807) is 6.92 Å². The molecule has 5 heteroatoms. The number of anilines is 1. The second-order valence-corrected chi connectivity index (χ2v) is 6.27. The summed E-state index contributed by atoms with van der Waals surface area (Å²) in [5, 5.41) is 2.79. The number of hydrogen-bond donors (Lipinski definition) is 1. The van der Waals surface area contributed by atoms with Crippen LogP contribution in [-0.2, 0) is 9.53 Å². The predicted octanol–water partition coefficient (Wildman–Crippen LogP) is 4.24. The summed E-state index contributed by atoms with van der Waals surface area (Å²) in [6.07, 6.45) is -1.00. The van der Waals surface area contributed by atoms with Crippen molar-refractivity contribution in [2.24, 2.45) is 0 Å². The fraction of sp³-hybridized carbons (Fsp3) is 0.300. The van der Waals surface area contributed by atoms with Crippen molar-refractivity contribution in [3.8, 4) is 0 Å². The number of carbonyl (C=O) groups excluding carboxylic acids is 2. The zero-order valence-corrected chi connectivity index (χ0v) is 15.1. The highest BCUT2D eigenvalue weighted by molar-refractivity contribution is 5.98. The number of carbonyl (C=O) groups is 2. The lowest BCUT2D eigenvalue weighted by Gasteiger charge is -2.17. The summed E-state index contributed by atoms with van der Waals surface area (Å²) < 4.78 is 18.7. The number of ether oxygens (including phenoxy) is 1. The number of esters is 1. The van der Waals surface area contributed by atoms with Crippen molar-refractivity contribution in [3.63, 3.8) is 0 Å². The number of benzene rings is 2. The van der Waals surface area contributed by atoms with Gasteiger partial charge in [-0.05, 0) is 63.4 Å². The van der Waals surface area contributed by atoms with Crippen molar-refractivity contribution in [3.05, 3.63) is 64.0 Å². The standard InChI is InChI=1S/C20H22FNO3/c1-11-8-13(3)18(14(4)9-11)22-19(23)15(5)25-20(24)16-7-6-12(2)17(21)10-16/h6-10,15H,1-5H3,(H,22,23)/t15-/m0/s1. The fourth-order valence-corrected chi connectivity index (χ4v) is 2.60. The van der Waals surface area contributed by atoms with Crippen LogP contribution in [0.2, 0.25) is 0 Å². The Bertz CT molecular complexity index is 807. The highest BCUT2D eigenvalue weighted by atomic mass is 19.1. The fourth-order valence-electron chi connectivity index (χ4n) is 2.60. The quantitative estimate of drug-likeness (QED) is 0.845. The summed E-state index contributed by atoms with van der Waals surface area (Å²) in [5.74, 6) is -1.66. The average Bonchev–Trinajstić information content (AvgIpc) is 2.53. The molecule has 4 nitrogen and oxygen atoms in total. The second kappa shape index (κ2) is 7.47. The maximum absolute atomic E-state index is 13.6. The maximum Gasteiger partial charge on any atom is 0.339 e. The Kier molecular flexibility index (Phi) is 5.57. The lowest BCUT2D eigenvalue weighted by molar-refractivity contribution is -0.123. The number of halogens is 1. The molecule has 0 unspecified atom stereocenters. The van der Waals surface area contributed by atoms with E-state index in [4.69, 9.17) is 4.74 Å². The highest BCUT2D eigenvalue weighted by Gasteiger charge is 2.20. The Hall–Kier alpha value is -2.69. The predicted molar refractivity (Wildman–Crippen MR) is 95.3 cm³/mol. The van der Waals surface area contributed by atoms with E-state index in [-0.39, 0.29) is 5.56 Å². The summed E-state index contributed by atoms with van der Waals surface area (Å²) in [6, 6.07) is 8.01. The zero-order valence-electron chi connectivity index (χ0n) is 15.1. The molecule has 0 saturated heterocycles. The molecule has 2 aromatic carbocycles. The Balaban J connectivity index is 2.07. The third kappa shape index (κ3) is 4.44. The minimum absolute atomic E-state index is 0.0745. The molecule has 1 N–H and O–H groups in total. The lowest BCUT2D eigenvalue weighted by Crippen LogP contribution is -2.30. The van der Waals surface area contributed by atoms with Crippen LogP contribution in [0.15, 0.2) is 30.3 Å². The van der Waals surface area contributed by atoms with Crippen LogP contribution < -0.4 is 5.32 Å². The molecular formula is C20H22FNO3. The van der Waals surface area contributed by atoms with E-state index in [1.807, 2.05) is 32.9 Å². The van der Waals surface area contributed by atoms with Crippen molar-refractivity contribution in [1.82, 2.24) is 0 Å². The SMILES string of the molecule is Cc1cc(C)c(NC(=O)[C@H](C)OC(=O)c2ccc(C)c(F)c2)c(C)c1. The van der Waals surface area contributed by atoms with Crippen molar-refractivity contribution in [1.29, 1.82) is 0 Å². The Morgan fingerprint density at radius 3 is 2.16 bits per heavy atom. The first-order valence-electron chi connectivity index (χ1n) is 8.05. The smallest absolute Gasteiger partial charge is 0.339 e. The molecule has 2 rings (SSSR count). The molecule has 1 amide bonds. The molecular weight excluding hydrogens is 321 g/mol. The van der Waals surface area contributed by atoms with E-state index in [9.17, 15) is 14.0 Å². The van der Waals surface area contributed by atoms with Gasteiger partial charge < -0.3 is 10.1 Å². The van der Waals surface area contributed by atoms with E-state index in [0.717, 1.165) is 22.8 Å². The van der Waals surface area contributed by atoms with E-state index in [0.29, 0.717) is 11.3 Å². The summed E-state index contributed by atoms with van der Waals surface area (Å²) >= 11 is 0. The molecule has 0 saturated carbocycles. The number of aryl methyl sites for hydroxylation is 4. The number of nitrogens with one attached hydrogen (secondary N) is 1. The molecule has 1 atom stereocenters. The first-order valence-corrected chi connectivity index (χ1v) is 8.05. The Morgan fingerprint density at radius 1 is 1.00 bits per heavy atom. The van der Waals surface area contributed by atoms with Crippen molar-refractivity contribution < 1.29 is 18.7 Å². The molecule has 2 aromatic rings. The third-order valence-electron chi connectivity index (χ3n) is 3.99. The Labute approximate surface area is 147 Å². The Morgan fingerprint density at radius 2 is 1.60 bits per heavy atom. The topological polar surface area (TPSA) is 55.4 Å². The molecule has 0 radical (unpaired) electrons. The summed E-state index contributed by atoms with van der Waals surface area (Å²) in [7, 11) is 0. The molecule has 132 valence electrons. The van der Waals surface area contributed by atoms with Gasteiger partial charge in [0.2, 0.25) is 0 Å². The molecule has 0 aliphatic heterocycles. The van der Waals surface area contributed by atoms with Gasteiger partial charge in [-0.25, -0.2) is 9.18 Å². The third-order valence-corrected chi connectivity index (χ3v) is 3.99. The van der Waals surface area contributed by atoms with Gasteiger partial charge in [0.1, 0.15) is 5.82 Å². The van der Waals surface area contributed by atoms with Gasteiger partial charge in [-0.15, -0.1) is 0 Å². The summed E-state index contributed by atoms with van der Waals surface area (Å²) in [5.41, 5.74) is 4.20. The van der Waals surface area contributed by atoms with Crippen LogP contribution in [0.4, 0.5) is 10.1 Å². The normalized spacial score (nSPS) is 11.8. The van der Waals surface area contributed by atoms with Crippen LogP contribution in [0, 0.1) is 33.5 Å². The maximum atomic E-state index is 13.6. The molecule has 25 heavy (non-hydrogen) atoms. The van der Waals surface area contributed by atoms with E-state index in [2.05, 4.69) is 5.32 Å². The first-order chi connectivity index (χ1) is 11.7. The number of amides is 1. The van der Waals surface area contributed by atoms with Crippen LogP contribution in [0.3, 0.4) is 0 Å². The van der Waals surface area contributed by atoms with Gasteiger partial charge in [0.05, 0.1) is 5.56 Å². The molecule has 0 aliphatic rings. The van der Waals surface area contributed by atoms with Gasteiger partial charge in [0, 0.05) is 5.69 Å². The molecule has 0 fully saturated rings. The summed E-state index contributed by atoms with van der Waals surface area (Å²) in [4.78, 5) is 24.4. The van der Waals surface area contributed by atoms with Gasteiger partial charge in [0.15, 0.2) is 6.10 Å². The van der Waals surface area contributed by atoms with Gasteiger partial charge in [0.25, 0.3) is 5.91 Å². The minimum atomic E-state index is -1.00. The van der Waals surface area contributed by atoms with Crippen molar-refractivity contribution in [2.45, 2.75) is 40.7 Å². The van der Waals surface area contributed by atoms with Crippen LogP contribution in [0.1, 0.15) is 39.5 Å². The average molecular weight is 343 g/mol. The van der Waals surface area contributed by atoms with E-state index in [1.165, 1.54) is 19.1 Å². The minimum Gasteiger partial charge on any atom is -0.449 e. The summed E-state index contributed by atoms with van der Waals surface area (Å²) in [6.45, 7) is 8.88. The highest BCUT2D eigenvalue weighted by Crippen LogP contribution is 2.22. The molecule has 0 spiro atoms. The van der Waals surface area contributed by atoms with Gasteiger partial charge >= 0.3 is 5.97 Å². The van der Waals surface area contributed by atoms with Crippen LogP contribution in [0.25, 0.3) is 0 Å². The second-order valence-electron chi connectivity index (χ2n) is 6.27. The van der Waals surface area contributed by atoms with E-state index >= 15 is 0 Å². The van der Waals surface area contributed by atoms with Crippen LogP contribution in [-0.4, -0.2) is 18.0 Å². The van der Waals surface area contributed by atoms with Gasteiger partial charge in [-0.2, -0.15) is 0 Å². The zero-order chi connectivity index (χ0) is 18.7. The first kappa shape index (κ1) is 18.6. The van der Waals surface area contributed by atoms with Crippen molar-refractivity contribution in [2.75, 3.05) is 5.32 Å². The molecule has 0 bridgehead atoms. The molecule has 0 aromatic heterocycles. The van der Waals surface area contributed by atoms with Gasteiger partial charge in [-0.3, -0.25) is 4.79 Å². The van der Waals surface area contributed by atoms with Gasteiger partial charge in [-0.1, -0.05) is 23.8 Å². The van der Waals surface area contributed by atoms with Crippen molar-refractivity contribution >= 4 is 17.6 Å². The molecule has 0 aliphatic carbocycles. The van der Waals surface area contributed by atoms with Crippen LogP contribution in [0.5, 0.6) is 0 Å². The number of rotatable bonds is 4. The molecule has 0 heterocycles. The number of hydrogen-bond acceptors (Lipinski definition) is 3. The lowest BCUT2D eigenvalue weighted by atomic mass is 10.0. The monoisotopic (exact) mass is 343 g/mol. The van der Waals surface area contributed by atoms with Crippen LogP contribution >= 0.6 is 0 Å². The largest absolute Gasteiger partial charge is 0.449 e. The van der Waals surface area contributed by atoms with E-state index < -0.39 is 23.8 Å².